The van der Waals surface area contributed by atoms with Crippen molar-refractivity contribution in [3.63, 3.8) is 0 Å². The number of amides is 1. The molecule has 0 radical (unpaired) electrons. The molecule has 1 aliphatic heterocycles. The van der Waals surface area contributed by atoms with E-state index >= 15 is 0 Å². The number of rotatable bonds is 3. The summed E-state index contributed by atoms with van der Waals surface area (Å²) in [6.07, 6.45) is 2.61. The Balaban J connectivity index is 1.69. The largest absolute Gasteiger partial charge is 0.449 e. The lowest BCUT2D eigenvalue weighted by atomic mass is 10.2. The van der Waals surface area contributed by atoms with Crippen molar-refractivity contribution in [2.24, 2.45) is 0 Å². The number of imidazole rings is 1. The van der Waals surface area contributed by atoms with E-state index in [0.717, 1.165) is 6.26 Å². The molecule has 0 saturated carbocycles. The summed E-state index contributed by atoms with van der Waals surface area (Å²) in [6, 6.07) is 10.0. The number of sulfone groups is 1. The van der Waals surface area contributed by atoms with Gasteiger partial charge in [0.15, 0.2) is 17.2 Å². The summed E-state index contributed by atoms with van der Waals surface area (Å²) in [4.78, 5) is 16.8. The molecule has 0 unspecified atom stereocenters. The highest BCUT2D eigenvalue weighted by Gasteiger charge is 2.32. The molecule has 9 heteroatoms. The number of nitrogens with one attached hydrogen (secondary N) is 1. The van der Waals surface area contributed by atoms with Gasteiger partial charge in [-0.25, -0.2) is 13.4 Å². The molecule has 0 aliphatic carbocycles. The van der Waals surface area contributed by atoms with Crippen LogP contribution in [0.2, 0.25) is 0 Å². The second-order valence-electron chi connectivity index (χ2n) is 6.69. The number of nitrogens with zero attached hydrogens (tertiary/aromatic N) is 2. The second-order valence-corrected chi connectivity index (χ2v) is 8.60. The zero-order chi connectivity index (χ0) is 19.4. The molecule has 0 spiro atoms. The summed E-state index contributed by atoms with van der Waals surface area (Å²) >= 11 is 0. The predicted molar refractivity (Wildman–Crippen MR) is 98.0 cm³/mol. The quantitative estimate of drug-likeness (QED) is 0.741. The van der Waals surface area contributed by atoms with Crippen LogP contribution in [0, 0.1) is 0 Å². The monoisotopic (exact) mass is 387 g/mol. The standard InChI is InChI=1S/C18H17N3O5S/c1-18(2)25-13-8-7-11(10-14(13)26-18)19-16(22)15-12-6-4-5-9-21(12)17(20-15)27(3,23)24/h4-10H,1-3H3,(H,19,22). The lowest BCUT2D eigenvalue weighted by Gasteiger charge is -2.16. The molecule has 4 rings (SSSR count). The van der Waals surface area contributed by atoms with Crippen molar-refractivity contribution < 1.29 is 22.7 Å². The third-order valence-electron chi connectivity index (χ3n) is 3.98. The van der Waals surface area contributed by atoms with Crippen LogP contribution in [0.4, 0.5) is 5.69 Å². The zero-order valence-corrected chi connectivity index (χ0v) is 15.7. The van der Waals surface area contributed by atoms with Crippen molar-refractivity contribution in [2.75, 3.05) is 11.6 Å². The fourth-order valence-electron chi connectivity index (χ4n) is 2.93. The Labute approximate surface area is 155 Å². The first kappa shape index (κ1) is 17.3. The maximum absolute atomic E-state index is 12.7. The Morgan fingerprint density at radius 1 is 1.15 bits per heavy atom. The predicted octanol–water partition coefficient (Wildman–Crippen LogP) is 2.50. The molecule has 1 aliphatic rings. The number of carbonyl (C=O) groups excluding carboxylic acids is 1. The Morgan fingerprint density at radius 2 is 1.89 bits per heavy atom. The number of ether oxygens (including phenoxy) is 2. The number of hydrogen-bond donors (Lipinski definition) is 1. The Morgan fingerprint density at radius 3 is 2.63 bits per heavy atom. The van der Waals surface area contributed by atoms with Crippen molar-refractivity contribution in [1.82, 2.24) is 9.38 Å². The molecule has 3 heterocycles. The fraction of sp³-hybridized carbons (Fsp3) is 0.222. The smallest absolute Gasteiger partial charge is 0.276 e. The van der Waals surface area contributed by atoms with Gasteiger partial charge in [-0.2, -0.15) is 0 Å². The molecule has 0 fully saturated rings. The minimum atomic E-state index is -3.60. The van der Waals surface area contributed by atoms with Gasteiger partial charge >= 0.3 is 0 Å². The second kappa shape index (κ2) is 5.71. The van der Waals surface area contributed by atoms with Gasteiger partial charge in [0.1, 0.15) is 0 Å². The van der Waals surface area contributed by atoms with Crippen molar-refractivity contribution in [3.05, 3.63) is 48.3 Å². The third-order valence-corrected chi connectivity index (χ3v) is 4.93. The van der Waals surface area contributed by atoms with Crippen LogP contribution in [-0.4, -0.2) is 35.8 Å². The zero-order valence-electron chi connectivity index (χ0n) is 14.9. The van der Waals surface area contributed by atoms with Crippen LogP contribution in [0.15, 0.2) is 47.8 Å². The molecule has 3 aromatic rings. The van der Waals surface area contributed by atoms with Crippen LogP contribution >= 0.6 is 0 Å². The van der Waals surface area contributed by atoms with E-state index in [1.165, 1.54) is 4.40 Å². The average Bonchev–Trinajstić information content (AvgIpc) is 3.10. The SMILES string of the molecule is CC1(C)Oc2ccc(NC(=O)c3nc(S(C)(=O)=O)n4ccccc34)cc2O1. The van der Waals surface area contributed by atoms with Crippen LogP contribution < -0.4 is 14.8 Å². The molecule has 2 aromatic heterocycles. The first-order valence-electron chi connectivity index (χ1n) is 8.15. The summed E-state index contributed by atoms with van der Waals surface area (Å²) in [6.45, 7) is 3.57. The van der Waals surface area contributed by atoms with Crippen LogP contribution in [0.25, 0.3) is 5.52 Å². The summed E-state index contributed by atoms with van der Waals surface area (Å²) in [7, 11) is -3.60. The van der Waals surface area contributed by atoms with Crippen molar-refractivity contribution in [3.8, 4) is 11.5 Å². The van der Waals surface area contributed by atoms with Gasteiger partial charge in [-0.3, -0.25) is 9.20 Å². The van der Waals surface area contributed by atoms with E-state index in [9.17, 15) is 13.2 Å². The molecule has 1 amide bonds. The van der Waals surface area contributed by atoms with Crippen LogP contribution in [-0.2, 0) is 9.84 Å². The first-order chi connectivity index (χ1) is 12.6. The molecule has 1 aromatic carbocycles. The minimum absolute atomic E-state index is 0.0222. The molecule has 8 nitrogen and oxygen atoms in total. The van der Waals surface area contributed by atoms with Crippen LogP contribution in [0.1, 0.15) is 24.3 Å². The van der Waals surface area contributed by atoms with Gasteiger partial charge in [-0.05, 0) is 24.3 Å². The molecular formula is C18H17N3O5S. The van der Waals surface area contributed by atoms with Gasteiger partial charge in [0, 0.05) is 38.1 Å². The lowest BCUT2D eigenvalue weighted by molar-refractivity contribution is -0.0431. The van der Waals surface area contributed by atoms with Gasteiger partial charge in [0.25, 0.3) is 5.91 Å². The fourth-order valence-corrected chi connectivity index (χ4v) is 3.70. The molecule has 140 valence electrons. The summed E-state index contributed by atoms with van der Waals surface area (Å²) < 4.78 is 36.6. The van der Waals surface area contributed by atoms with E-state index in [1.807, 2.05) is 0 Å². The number of carbonyl (C=O) groups is 1. The van der Waals surface area contributed by atoms with E-state index in [-0.39, 0.29) is 10.9 Å². The van der Waals surface area contributed by atoms with Gasteiger partial charge < -0.3 is 14.8 Å². The highest BCUT2D eigenvalue weighted by atomic mass is 32.2. The molecule has 0 saturated heterocycles. The van der Waals surface area contributed by atoms with Crippen molar-refractivity contribution in [1.29, 1.82) is 0 Å². The maximum Gasteiger partial charge on any atom is 0.276 e. The molecule has 0 atom stereocenters. The Hall–Kier alpha value is -3.07. The highest BCUT2D eigenvalue weighted by molar-refractivity contribution is 7.90. The van der Waals surface area contributed by atoms with Gasteiger partial charge in [0.2, 0.25) is 20.8 Å². The van der Waals surface area contributed by atoms with Crippen molar-refractivity contribution >= 4 is 26.9 Å². The maximum atomic E-state index is 12.7. The van der Waals surface area contributed by atoms with E-state index in [4.69, 9.17) is 9.47 Å². The third kappa shape index (κ3) is 3.10. The summed E-state index contributed by atoms with van der Waals surface area (Å²) in [5.74, 6) is -0.184. The number of anilines is 1. The Kier molecular flexibility index (Phi) is 3.67. The van der Waals surface area contributed by atoms with E-state index < -0.39 is 21.5 Å². The molecule has 27 heavy (non-hydrogen) atoms. The minimum Gasteiger partial charge on any atom is -0.449 e. The number of benzene rings is 1. The first-order valence-corrected chi connectivity index (χ1v) is 10.0. The topological polar surface area (TPSA) is 99.0 Å². The number of fused-ring (bicyclic) bond motifs is 2. The van der Waals surface area contributed by atoms with E-state index in [1.54, 1.807) is 56.4 Å². The Bertz CT molecular complexity index is 1180. The number of aromatic nitrogens is 2. The summed E-state index contributed by atoms with van der Waals surface area (Å²) in [5.41, 5.74) is 0.907. The molecule has 0 bridgehead atoms. The molecular weight excluding hydrogens is 370 g/mol. The highest BCUT2D eigenvalue weighted by Crippen LogP contribution is 2.40. The van der Waals surface area contributed by atoms with Gasteiger partial charge in [-0.1, -0.05) is 6.07 Å². The van der Waals surface area contributed by atoms with E-state index in [0.29, 0.717) is 22.7 Å². The van der Waals surface area contributed by atoms with Gasteiger partial charge in [-0.15, -0.1) is 0 Å². The van der Waals surface area contributed by atoms with Crippen molar-refractivity contribution in [2.45, 2.75) is 24.8 Å². The number of pyridine rings is 1. The van der Waals surface area contributed by atoms with E-state index in [2.05, 4.69) is 10.3 Å². The van der Waals surface area contributed by atoms with Crippen LogP contribution in [0.3, 0.4) is 0 Å². The molecule has 1 N–H and O–H groups in total. The number of hydrogen-bond acceptors (Lipinski definition) is 6. The normalized spacial score (nSPS) is 15.1. The van der Waals surface area contributed by atoms with Crippen LogP contribution in [0.5, 0.6) is 11.5 Å². The lowest BCUT2D eigenvalue weighted by Crippen LogP contribution is -2.29. The van der Waals surface area contributed by atoms with Gasteiger partial charge in [0.05, 0.1) is 5.52 Å². The average molecular weight is 387 g/mol. The summed E-state index contributed by atoms with van der Waals surface area (Å²) in [5, 5.41) is 2.54.